The topological polar surface area (TPSA) is 32.5 Å². The molecule has 3 heteroatoms. The molecule has 1 aliphatic rings. The summed E-state index contributed by atoms with van der Waals surface area (Å²) < 4.78 is 0. The zero-order valence-corrected chi connectivity index (χ0v) is 13.2. The summed E-state index contributed by atoms with van der Waals surface area (Å²) in [7, 11) is 4.34. The lowest BCUT2D eigenvalue weighted by atomic mass is 9.93. The highest BCUT2D eigenvalue weighted by molar-refractivity contribution is 5.25. The van der Waals surface area contributed by atoms with Crippen molar-refractivity contribution in [2.24, 2.45) is 11.7 Å². The van der Waals surface area contributed by atoms with E-state index in [2.05, 4.69) is 55.1 Å². The van der Waals surface area contributed by atoms with E-state index in [-0.39, 0.29) is 0 Å². The molecule has 0 amide bonds. The Labute approximate surface area is 123 Å². The molecule has 1 aromatic carbocycles. The lowest BCUT2D eigenvalue weighted by molar-refractivity contribution is 0.122. The molecular weight excluding hydrogens is 246 g/mol. The highest BCUT2D eigenvalue weighted by atomic mass is 15.2. The largest absolute Gasteiger partial charge is 0.329 e. The fourth-order valence-electron chi connectivity index (χ4n) is 3.34. The quantitative estimate of drug-likeness (QED) is 0.895. The summed E-state index contributed by atoms with van der Waals surface area (Å²) in [6, 6.07) is 9.18. The van der Waals surface area contributed by atoms with Crippen LogP contribution in [0.15, 0.2) is 24.3 Å². The van der Waals surface area contributed by atoms with Crippen LogP contribution in [0.3, 0.4) is 0 Å². The molecule has 1 unspecified atom stereocenters. The van der Waals surface area contributed by atoms with Crippen LogP contribution in [0, 0.1) is 12.8 Å². The molecule has 0 bridgehead atoms. The molecule has 1 aromatic rings. The molecular formula is C17H29N3. The second-order valence-corrected chi connectivity index (χ2v) is 6.41. The Bertz CT molecular complexity index is 408. The molecule has 1 heterocycles. The van der Waals surface area contributed by atoms with E-state index in [1.54, 1.807) is 0 Å². The summed E-state index contributed by atoms with van der Waals surface area (Å²) >= 11 is 0. The SMILES string of the molecule is Cc1cccc(C(CN)N2CCC(CN(C)C)CC2)c1. The van der Waals surface area contributed by atoms with Crippen LogP contribution in [0.5, 0.6) is 0 Å². The van der Waals surface area contributed by atoms with Crippen LogP contribution in [-0.4, -0.2) is 50.1 Å². The third-order valence-electron chi connectivity index (χ3n) is 4.36. The molecule has 0 radical (unpaired) electrons. The van der Waals surface area contributed by atoms with Gasteiger partial charge in [0.25, 0.3) is 0 Å². The number of aryl methyl sites for hydroxylation is 1. The first-order chi connectivity index (χ1) is 9.60. The average molecular weight is 275 g/mol. The van der Waals surface area contributed by atoms with Gasteiger partial charge in [0.15, 0.2) is 0 Å². The third kappa shape index (κ3) is 4.05. The minimum atomic E-state index is 0.384. The van der Waals surface area contributed by atoms with Crippen LogP contribution in [-0.2, 0) is 0 Å². The van der Waals surface area contributed by atoms with E-state index >= 15 is 0 Å². The fraction of sp³-hybridized carbons (Fsp3) is 0.647. The van der Waals surface area contributed by atoms with E-state index in [9.17, 15) is 0 Å². The van der Waals surface area contributed by atoms with Gasteiger partial charge in [-0.1, -0.05) is 29.8 Å². The maximum absolute atomic E-state index is 6.05. The molecule has 1 aliphatic heterocycles. The van der Waals surface area contributed by atoms with Crippen molar-refractivity contribution in [3.8, 4) is 0 Å². The maximum Gasteiger partial charge on any atom is 0.0470 e. The molecule has 0 spiro atoms. The lowest BCUT2D eigenvalue weighted by Crippen LogP contribution is -2.41. The number of hydrogen-bond acceptors (Lipinski definition) is 3. The minimum absolute atomic E-state index is 0.384. The van der Waals surface area contributed by atoms with Crippen LogP contribution in [0.2, 0.25) is 0 Å². The Morgan fingerprint density at radius 2 is 2.00 bits per heavy atom. The van der Waals surface area contributed by atoms with Gasteiger partial charge in [-0.25, -0.2) is 0 Å². The molecule has 1 fully saturated rings. The molecule has 2 rings (SSSR count). The lowest BCUT2D eigenvalue weighted by Gasteiger charge is -2.38. The first-order valence-corrected chi connectivity index (χ1v) is 7.75. The summed E-state index contributed by atoms with van der Waals surface area (Å²) in [5, 5.41) is 0. The number of benzene rings is 1. The average Bonchev–Trinajstić information content (AvgIpc) is 2.41. The minimum Gasteiger partial charge on any atom is -0.329 e. The zero-order chi connectivity index (χ0) is 14.5. The van der Waals surface area contributed by atoms with E-state index in [0.717, 1.165) is 5.92 Å². The second kappa shape index (κ2) is 7.21. The predicted molar refractivity (Wildman–Crippen MR) is 85.8 cm³/mol. The molecule has 112 valence electrons. The van der Waals surface area contributed by atoms with Gasteiger partial charge in [0, 0.05) is 19.1 Å². The van der Waals surface area contributed by atoms with Gasteiger partial charge in [-0.05, 0) is 58.4 Å². The molecule has 2 N–H and O–H groups in total. The Morgan fingerprint density at radius 3 is 2.55 bits per heavy atom. The van der Waals surface area contributed by atoms with Gasteiger partial charge in [-0.15, -0.1) is 0 Å². The van der Waals surface area contributed by atoms with Crippen LogP contribution in [0.1, 0.15) is 30.0 Å². The highest BCUT2D eigenvalue weighted by Crippen LogP contribution is 2.27. The second-order valence-electron chi connectivity index (χ2n) is 6.41. The first-order valence-electron chi connectivity index (χ1n) is 7.75. The molecule has 20 heavy (non-hydrogen) atoms. The van der Waals surface area contributed by atoms with Gasteiger partial charge in [-0.2, -0.15) is 0 Å². The van der Waals surface area contributed by atoms with Gasteiger partial charge in [0.2, 0.25) is 0 Å². The van der Waals surface area contributed by atoms with Crippen molar-refractivity contribution >= 4 is 0 Å². The van der Waals surface area contributed by atoms with Crippen molar-refractivity contribution in [1.82, 2.24) is 9.80 Å². The molecule has 1 saturated heterocycles. The summed E-state index contributed by atoms with van der Waals surface area (Å²) in [5.41, 5.74) is 8.75. The normalized spacial score (nSPS) is 19.4. The van der Waals surface area contributed by atoms with Crippen molar-refractivity contribution < 1.29 is 0 Å². The Hall–Kier alpha value is -0.900. The Morgan fingerprint density at radius 1 is 1.30 bits per heavy atom. The first kappa shape index (κ1) is 15.5. The van der Waals surface area contributed by atoms with E-state index in [4.69, 9.17) is 5.73 Å². The summed E-state index contributed by atoms with van der Waals surface area (Å²) in [6.45, 7) is 6.43. The van der Waals surface area contributed by atoms with E-state index < -0.39 is 0 Å². The van der Waals surface area contributed by atoms with Crippen LogP contribution in [0.4, 0.5) is 0 Å². The van der Waals surface area contributed by atoms with Gasteiger partial charge >= 0.3 is 0 Å². The molecule has 0 saturated carbocycles. The van der Waals surface area contributed by atoms with Crippen LogP contribution < -0.4 is 5.73 Å². The molecule has 1 atom stereocenters. The van der Waals surface area contributed by atoms with Gasteiger partial charge in [0.1, 0.15) is 0 Å². The van der Waals surface area contributed by atoms with E-state index in [1.165, 1.54) is 43.6 Å². The molecule has 0 aromatic heterocycles. The number of nitrogens with two attached hydrogens (primary N) is 1. The number of nitrogens with zero attached hydrogens (tertiary/aromatic N) is 2. The van der Waals surface area contributed by atoms with Crippen molar-refractivity contribution in [3.05, 3.63) is 35.4 Å². The third-order valence-corrected chi connectivity index (χ3v) is 4.36. The number of piperidine rings is 1. The van der Waals surface area contributed by atoms with Gasteiger partial charge in [0.05, 0.1) is 0 Å². The van der Waals surface area contributed by atoms with E-state index in [1.807, 2.05) is 0 Å². The summed E-state index contributed by atoms with van der Waals surface area (Å²) in [6.07, 6.45) is 2.58. The smallest absolute Gasteiger partial charge is 0.0470 e. The highest BCUT2D eigenvalue weighted by Gasteiger charge is 2.25. The van der Waals surface area contributed by atoms with Crippen molar-refractivity contribution in [1.29, 1.82) is 0 Å². The number of hydrogen-bond donors (Lipinski definition) is 1. The molecule has 0 aliphatic carbocycles. The Kier molecular flexibility index (Phi) is 5.58. The summed E-state index contributed by atoms with van der Waals surface area (Å²) in [4.78, 5) is 4.88. The molecule has 3 nitrogen and oxygen atoms in total. The van der Waals surface area contributed by atoms with E-state index in [0.29, 0.717) is 12.6 Å². The number of likely N-dealkylation sites (tertiary alicyclic amines) is 1. The van der Waals surface area contributed by atoms with Crippen molar-refractivity contribution in [2.45, 2.75) is 25.8 Å². The van der Waals surface area contributed by atoms with Gasteiger partial charge < -0.3 is 10.6 Å². The standard InChI is InChI=1S/C17H29N3/c1-14-5-4-6-16(11-14)17(12-18)20-9-7-15(8-10-20)13-19(2)3/h4-6,11,15,17H,7-10,12-13,18H2,1-3H3. The summed E-state index contributed by atoms with van der Waals surface area (Å²) in [5.74, 6) is 0.845. The van der Waals surface area contributed by atoms with Gasteiger partial charge in [-0.3, -0.25) is 4.90 Å². The monoisotopic (exact) mass is 275 g/mol. The van der Waals surface area contributed by atoms with Crippen LogP contribution in [0.25, 0.3) is 0 Å². The van der Waals surface area contributed by atoms with Crippen molar-refractivity contribution in [3.63, 3.8) is 0 Å². The zero-order valence-electron chi connectivity index (χ0n) is 13.2. The maximum atomic E-state index is 6.05. The Balaban J connectivity index is 1.97. The number of rotatable bonds is 5. The van der Waals surface area contributed by atoms with Crippen molar-refractivity contribution in [2.75, 3.05) is 40.3 Å². The van der Waals surface area contributed by atoms with Crippen LogP contribution >= 0.6 is 0 Å². The predicted octanol–water partition coefficient (Wildman–Crippen LogP) is 2.27. The fourth-order valence-corrected chi connectivity index (χ4v) is 3.34.